The van der Waals surface area contributed by atoms with Gasteiger partial charge in [-0.15, -0.1) is 0 Å². The molecule has 0 aliphatic carbocycles. The van der Waals surface area contributed by atoms with E-state index in [4.69, 9.17) is 23.2 Å². The molecular weight excluding hydrogens is 319 g/mol. The SMILES string of the molecule is Cc1ccc(Cl)c(NS(=O)(=O)CCCNC(C)C)c1Cl. The van der Waals surface area contributed by atoms with Crippen LogP contribution in [0, 0.1) is 6.92 Å². The summed E-state index contributed by atoms with van der Waals surface area (Å²) in [5, 5.41) is 3.80. The maximum atomic E-state index is 12.0. The van der Waals surface area contributed by atoms with Crippen LogP contribution < -0.4 is 10.0 Å². The molecule has 1 rings (SSSR count). The van der Waals surface area contributed by atoms with Gasteiger partial charge in [0.05, 0.1) is 21.5 Å². The number of sulfonamides is 1. The lowest BCUT2D eigenvalue weighted by Crippen LogP contribution is -2.26. The number of rotatable bonds is 7. The van der Waals surface area contributed by atoms with Crippen molar-refractivity contribution < 1.29 is 8.42 Å². The lowest BCUT2D eigenvalue weighted by molar-refractivity contribution is 0.571. The van der Waals surface area contributed by atoms with E-state index >= 15 is 0 Å². The molecule has 0 bridgehead atoms. The highest BCUT2D eigenvalue weighted by atomic mass is 35.5. The number of aryl methyl sites for hydroxylation is 1. The summed E-state index contributed by atoms with van der Waals surface area (Å²) in [5.74, 6) is 0.0212. The zero-order chi connectivity index (χ0) is 15.3. The molecule has 0 spiro atoms. The number of benzene rings is 1. The molecule has 0 saturated heterocycles. The Morgan fingerprint density at radius 2 is 1.90 bits per heavy atom. The number of hydrogen-bond donors (Lipinski definition) is 2. The predicted octanol–water partition coefficient (Wildman–Crippen LogP) is 3.43. The number of halogens is 2. The average molecular weight is 339 g/mol. The normalized spacial score (nSPS) is 11.9. The Labute approximate surface area is 130 Å². The fourth-order valence-electron chi connectivity index (χ4n) is 1.61. The van der Waals surface area contributed by atoms with E-state index in [1.54, 1.807) is 19.1 Å². The van der Waals surface area contributed by atoms with Gasteiger partial charge in [-0.25, -0.2) is 8.42 Å². The molecule has 0 aliphatic heterocycles. The molecule has 7 heteroatoms. The Kier molecular flexibility index (Phi) is 6.58. The van der Waals surface area contributed by atoms with Crippen LogP contribution in [0.5, 0.6) is 0 Å². The van der Waals surface area contributed by atoms with E-state index < -0.39 is 10.0 Å². The molecule has 0 saturated carbocycles. The largest absolute Gasteiger partial charge is 0.314 e. The molecule has 2 N–H and O–H groups in total. The first-order chi connectivity index (χ1) is 9.23. The van der Waals surface area contributed by atoms with E-state index in [0.29, 0.717) is 29.1 Å². The maximum absolute atomic E-state index is 12.0. The van der Waals surface area contributed by atoms with Gasteiger partial charge in [-0.05, 0) is 31.5 Å². The van der Waals surface area contributed by atoms with Crippen molar-refractivity contribution in [2.24, 2.45) is 0 Å². The highest BCUT2D eigenvalue weighted by molar-refractivity contribution is 7.92. The van der Waals surface area contributed by atoms with Crippen LogP contribution in [0.2, 0.25) is 10.0 Å². The summed E-state index contributed by atoms with van der Waals surface area (Å²) < 4.78 is 26.5. The van der Waals surface area contributed by atoms with Crippen molar-refractivity contribution in [1.82, 2.24) is 5.32 Å². The topological polar surface area (TPSA) is 58.2 Å². The fourth-order valence-corrected chi connectivity index (χ4v) is 3.34. The van der Waals surface area contributed by atoms with Crippen LogP contribution in [0.15, 0.2) is 12.1 Å². The van der Waals surface area contributed by atoms with Gasteiger partial charge in [-0.2, -0.15) is 0 Å². The molecule has 20 heavy (non-hydrogen) atoms. The zero-order valence-corrected chi connectivity index (χ0v) is 14.2. The predicted molar refractivity (Wildman–Crippen MR) is 86.4 cm³/mol. The van der Waals surface area contributed by atoms with Gasteiger partial charge in [-0.3, -0.25) is 4.72 Å². The minimum absolute atomic E-state index is 0.0212. The third-order valence-corrected chi connectivity index (χ3v) is 4.83. The highest BCUT2D eigenvalue weighted by Gasteiger charge is 2.16. The molecule has 0 aliphatic rings. The van der Waals surface area contributed by atoms with Gasteiger partial charge in [0.2, 0.25) is 10.0 Å². The van der Waals surface area contributed by atoms with Crippen LogP contribution in [0.1, 0.15) is 25.8 Å². The monoisotopic (exact) mass is 338 g/mol. The van der Waals surface area contributed by atoms with Gasteiger partial charge in [0.15, 0.2) is 0 Å². The molecule has 0 aromatic heterocycles. The molecule has 0 radical (unpaired) electrons. The Morgan fingerprint density at radius 1 is 1.25 bits per heavy atom. The van der Waals surface area contributed by atoms with Gasteiger partial charge >= 0.3 is 0 Å². The van der Waals surface area contributed by atoms with E-state index in [-0.39, 0.29) is 11.4 Å². The Bertz CT molecular complexity index is 560. The third kappa shape index (κ3) is 5.48. The minimum Gasteiger partial charge on any atom is -0.314 e. The van der Waals surface area contributed by atoms with Gasteiger partial charge < -0.3 is 5.32 Å². The van der Waals surface area contributed by atoms with Crippen LogP contribution in [0.4, 0.5) is 5.69 Å². The summed E-state index contributed by atoms with van der Waals surface area (Å²) in [6.45, 7) is 6.47. The highest BCUT2D eigenvalue weighted by Crippen LogP contribution is 2.33. The maximum Gasteiger partial charge on any atom is 0.232 e. The second-order valence-corrected chi connectivity index (χ2v) is 7.56. The molecule has 0 amide bonds. The van der Waals surface area contributed by atoms with E-state index in [9.17, 15) is 8.42 Å². The van der Waals surface area contributed by atoms with Crippen LogP contribution in [-0.2, 0) is 10.0 Å². The van der Waals surface area contributed by atoms with Crippen molar-refractivity contribution in [2.45, 2.75) is 33.2 Å². The van der Waals surface area contributed by atoms with Gasteiger partial charge in [0.25, 0.3) is 0 Å². The molecular formula is C13H20Cl2N2O2S. The lowest BCUT2D eigenvalue weighted by atomic mass is 10.2. The second kappa shape index (κ2) is 7.50. The van der Waals surface area contributed by atoms with Crippen LogP contribution >= 0.6 is 23.2 Å². The van der Waals surface area contributed by atoms with E-state index in [1.807, 2.05) is 13.8 Å². The van der Waals surface area contributed by atoms with Gasteiger partial charge in [0.1, 0.15) is 0 Å². The fraction of sp³-hybridized carbons (Fsp3) is 0.538. The van der Waals surface area contributed by atoms with Gasteiger partial charge in [-0.1, -0.05) is 43.1 Å². The van der Waals surface area contributed by atoms with E-state index in [0.717, 1.165) is 5.56 Å². The number of hydrogen-bond acceptors (Lipinski definition) is 3. The smallest absolute Gasteiger partial charge is 0.232 e. The Morgan fingerprint density at radius 3 is 2.50 bits per heavy atom. The summed E-state index contributed by atoms with van der Waals surface area (Å²) in [4.78, 5) is 0. The average Bonchev–Trinajstić information content (AvgIpc) is 2.35. The Hall–Kier alpha value is -0.490. The van der Waals surface area contributed by atoms with Crippen molar-refractivity contribution in [3.63, 3.8) is 0 Å². The molecule has 0 heterocycles. The van der Waals surface area contributed by atoms with Crippen molar-refractivity contribution >= 4 is 38.9 Å². The first-order valence-electron chi connectivity index (χ1n) is 6.41. The quantitative estimate of drug-likeness (QED) is 0.748. The van der Waals surface area contributed by atoms with Gasteiger partial charge in [0, 0.05) is 6.04 Å². The van der Waals surface area contributed by atoms with Crippen molar-refractivity contribution in [3.8, 4) is 0 Å². The summed E-state index contributed by atoms with van der Waals surface area (Å²) in [7, 11) is -3.45. The molecule has 1 aromatic carbocycles. The number of nitrogens with one attached hydrogen (secondary N) is 2. The molecule has 0 atom stereocenters. The molecule has 0 unspecified atom stereocenters. The van der Waals surface area contributed by atoms with Crippen molar-refractivity contribution in [2.75, 3.05) is 17.0 Å². The molecule has 114 valence electrons. The summed E-state index contributed by atoms with van der Waals surface area (Å²) in [6.07, 6.45) is 0.522. The van der Waals surface area contributed by atoms with Crippen LogP contribution in [0.3, 0.4) is 0 Å². The minimum atomic E-state index is -3.45. The standard InChI is InChI=1S/C13H20Cl2N2O2S/c1-9(2)16-7-4-8-20(18,19)17-13-11(14)6-5-10(3)12(13)15/h5-6,9,16-17H,4,7-8H2,1-3H3. The summed E-state index contributed by atoms with van der Waals surface area (Å²) in [5.41, 5.74) is 1.03. The summed E-state index contributed by atoms with van der Waals surface area (Å²) >= 11 is 12.1. The molecule has 4 nitrogen and oxygen atoms in total. The van der Waals surface area contributed by atoms with E-state index in [1.165, 1.54) is 0 Å². The van der Waals surface area contributed by atoms with E-state index in [2.05, 4.69) is 10.0 Å². The lowest BCUT2D eigenvalue weighted by Gasteiger charge is -2.13. The van der Waals surface area contributed by atoms with Crippen LogP contribution in [0.25, 0.3) is 0 Å². The van der Waals surface area contributed by atoms with Crippen LogP contribution in [-0.4, -0.2) is 26.8 Å². The zero-order valence-electron chi connectivity index (χ0n) is 11.8. The third-order valence-electron chi connectivity index (χ3n) is 2.68. The Balaban J connectivity index is 2.70. The first kappa shape index (κ1) is 17.6. The molecule has 0 fully saturated rings. The second-order valence-electron chi connectivity index (χ2n) is 4.94. The van der Waals surface area contributed by atoms with Crippen molar-refractivity contribution in [3.05, 3.63) is 27.7 Å². The van der Waals surface area contributed by atoms with Crippen molar-refractivity contribution in [1.29, 1.82) is 0 Å². The number of anilines is 1. The first-order valence-corrected chi connectivity index (χ1v) is 8.82. The summed E-state index contributed by atoms with van der Waals surface area (Å²) in [6, 6.07) is 3.71. The molecule has 1 aromatic rings.